The second-order valence-corrected chi connectivity index (χ2v) is 6.00. The van der Waals surface area contributed by atoms with E-state index in [4.69, 9.17) is 0 Å². The second kappa shape index (κ2) is 9.06. The molecule has 3 nitrogen and oxygen atoms in total. The molecule has 1 aliphatic heterocycles. The summed E-state index contributed by atoms with van der Waals surface area (Å²) in [5.74, 6) is 0.880. The summed E-state index contributed by atoms with van der Waals surface area (Å²) in [6.45, 7) is 6.39. The van der Waals surface area contributed by atoms with E-state index in [1.165, 1.54) is 17.5 Å². The van der Waals surface area contributed by atoms with Crippen LogP contribution in [0.15, 0.2) is 24.3 Å². The van der Waals surface area contributed by atoms with Crippen LogP contribution < -0.4 is 10.6 Å². The number of hydrogen-bond acceptors (Lipinski definition) is 2. The summed E-state index contributed by atoms with van der Waals surface area (Å²) in [7, 11) is 0. The van der Waals surface area contributed by atoms with Gasteiger partial charge in [0.1, 0.15) is 0 Å². The van der Waals surface area contributed by atoms with Gasteiger partial charge < -0.3 is 10.6 Å². The molecular weight excluding hydrogens is 284 g/mol. The molecule has 1 aromatic rings. The van der Waals surface area contributed by atoms with Crippen molar-refractivity contribution in [2.24, 2.45) is 5.92 Å². The standard InChI is InChI=1S/C17H26N2O.ClH/c1-13-5-3-4-6-16(13)11-14(2)19-17(20)8-7-15-9-10-18-12-15;/h3-6,14-15,18H,7-12H2,1-2H3,(H,19,20);1H. The predicted molar refractivity (Wildman–Crippen MR) is 89.9 cm³/mol. The lowest BCUT2D eigenvalue weighted by Crippen LogP contribution is -2.34. The highest BCUT2D eigenvalue weighted by Crippen LogP contribution is 2.14. The fourth-order valence-electron chi connectivity index (χ4n) is 2.86. The van der Waals surface area contributed by atoms with Crippen LogP contribution in [0, 0.1) is 12.8 Å². The first-order chi connectivity index (χ1) is 9.65. The minimum absolute atomic E-state index is 0. The zero-order chi connectivity index (χ0) is 14.4. The quantitative estimate of drug-likeness (QED) is 0.848. The molecule has 1 aliphatic rings. The maximum absolute atomic E-state index is 12.0. The van der Waals surface area contributed by atoms with Crippen LogP contribution in [-0.2, 0) is 11.2 Å². The molecular formula is C17H27ClN2O. The molecule has 1 amide bonds. The van der Waals surface area contributed by atoms with Gasteiger partial charge in [0.25, 0.3) is 0 Å². The van der Waals surface area contributed by atoms with E-state index < -0.39 is 0 Å². The van der Waals surface area contributed by atoms with Gasteiger partial charge in [0.15, 0.2) is 0 Å². The summed E-state index contributed by atoms with van der Waals surface area (Å²) < 4.78 is 0. The molecule has 4 heteroatoms. The van der Waals surface area contributed by atoms with E-state index in [1.807, 2.05) is 0 Å². The number of aryl methyl sites for hydroxylation is 1. The van der Waals surface area contributed by atoms with E-state index in [1.54, 1.807) is 0 Å². The maximum atomic E-state index is 12.0. The van der Waals surface area contributed by atoms with E-state index in [0.29, 0.717) is 12.3 Å². The molecule has 1 aromatic carbocycles. The molecule has 0 saturated carbocycles. The van der Waals surface area contributed by atoms with Gasteiger partial charge in [-0.2, -0.15) is 0 Å². The zero-order valence-corrected chi connectivity index (χ0v) is 13.8. The van der Waals surface area contributed by atoms with Crippen LogP contribution in [0.1, 0.15) is 37.3 Å². The molecule has 0 aliphatic carbocycles. The van der Waals surface area contributed by atoms with E-state index in [9.17, 15) is 4.79 Å². The van der Waals surface area contributed by atoms with Crippen molar-refractivity contribution in [3.8, 4) is 0 Å². The van der Waals surface area contributed by atoms with Crippen molar-refractivity contribution < 1.29 is 4.79 Å². The molecule has 1 heterocycles. The van der Waals surface area contributed by atoms with E-state index in [2.05, 4.69) is 48.7 Å². The summed E-state index contributed by atoms with van der Waals surface area (Å²) in [6.07, 6.45) is 3.79. The Morgan fingerprint density at radius 3 is 2.86 bits per heavy atom. The first kappa shape index (κ1) is 18.0. The average Bonchev–Trinajstić information content (AvgIpc) is 2.92. The molecule has 0 aromatic heterocycles. The Morgan fingerprint density at radius 2 is 2.19 bits per heavy atom. The number of amides is 1. The third kappa shape index (κ3) is 6.06. The normalized spacial score (nSPS) is 18.9. The Labute approximate surface area is 134 Å². The molecule has 2 rings (SSSR count). The third-order valence-electron chi connectivity index (χ3n) is 4.14. The minimum atomic E-state index is 0. The van der Waals surface area contributed by atoms with Crippen LogP contribution in [-0.4, -0.2) is 25.0 Å². The van der Waals surface area contributed by atoms with Crippen molar-refractivity contribution >= 4 is 18.3 Å². The molecule has 21 heavy (non-hydrogen) atoms. The number of halogens is 1. The van der Waals surface area contributed by atoms with E-state index >= 15 is 0 Å². The van der Waals surface area contributed by atoms with Gasteiger partial charge in [0.05, 0.1) is 0 Å². The van der Waals surface area contributed by atoms with Gasteiger partial charge in [0.2, 0.25) is 5.91 Å². The second-order valence-electron chi connectivity index (χ2n) is 6.00. The van der Waals surface area contributed by atoms with Gasteiger partial charge in [0, 0.05) is 12.5 Å². The van der Waals surface area contributed by atoms with Crippen LogP contribution in [0.25, 0.3) is 0 Å². The highest BCUT2D eigenvalue weighted by molar-refractivity contribution is 5.85. The van der Waals surface area contributed by atoms with Gasteiger partial charge in [-0.05, 0) is 63.2 Å². The van der Waals surface area contributed by atoms with Gasteiger partial charge in [-0.15, -0.1) is 12.4 Å². The first-order valence-corrected chi connectivity index (χ1v) is 7.69. The van der Waals surface area contributed by atoms with Gasteiger partial charge in [-0.1, -0.05) is 24.3 Å². The van der Waals surface area contributed by atoms with Crippen molar-refractivity contribution in [2.75, 3.05) is 13.1 Å². The van der Waals surface area contributed by atoms with Gasteiger partial charge in [-0.25, -0.2) is 0 Å². The van der Waals surface area contributed by atoms with Crippen LogP contribution >= 0.6 is 12.4 Å². The van der Waals surface area contributed by atoms with Crippen molar-refractivity contribution in [2.45, 2.75) is 45.6 Å². The average molecular weight is 311 g/mol. The zero-order valence-electron chi connectivity index (χ0n) is 13.0. The minimum Gasteiger partial charge on any atom is -0.353 e. The van der Waals surface area contributed by atoms with Crippen LogP contribution in [0.4, 0.5) is 0 Å². The van der Waals surface area contributed by atoms with Crippen molar-refractivity contribution in [3.05, 3.63) is 35.4 Å². The Morgan fingerprint density at radius 1 is 1.43 bits per heavy atom. The molecule has 1 saturated heterocycles. The number of hydrogen-bond donors (Lipinski definition) is 2. The highest BCUT2D eigenvalue weighted by atomic mass is 35.5. The molecule has 0 radical (unpaired) electrons. The molecule has 2 unspecified atom stereocenters. The summed E-state index contributed by atoms with van der Waals surface area (Å²) in [6, 6.07) is 8.58. The van der Waals surface area contributed by atoms with Crippen LogP contribution in [0.3, 0.4) is 0 Å². The molecule has 0 bridgehead atoms. The fraction of sp³-hybridized carbons (Fsp3) is 0.588. The topological polar surface area (TPSA) is 41.1 Å². The molecule has 118 valence electrons. The van der Waals surface area contributed by atoms with Gasteiger partial charge in [-0.3, -0.25) is 4.79 Å². The predicted octanol–water partition coefficient (Wildman–Crippen LogP) is 2.85. The Kier molecular flexibility index (Phi) is 7.76. The molecule has 2 atom stereocenters. The smallest absolute Gasteiger partial charge is 0.220 e. The third-order valence-corrected chi connectivity index (χ3v) is 4.14. The van der Waals surface area contributed by atoms with Crippen molar-refractivity contribution in [1.29, 1.82) is 0 Å². The molecule has 2 N–H and O–H groups in total. The van der Waals surface area contributed by atoms with E-state index in [-0.39, 0.29) is 24.4 Å². The Hall–Kier alpha value is -1.06. The van der Waals surface area contributed by atoms with E-state index in [0.717, 1.165) is 25.9 Å². The lowest BCUT2D eigenvalue weighted by molar-refractivity contribution is -0.121. The Balaban J connectivity index is 0.00000220. The first-order valence-electron chi connectivity index (χ1n) is 7.69. The maximum Gasteiger partial charge on any atom is 0.220 e. The fourth-order valence-corrected chi connectivity index (χ4v) is 2.86. The molecule has 0 spiro atoms. The lowest BCUT2D eigenvalue weighted by Gasteiger charge is -2.16. The summed E-state index contributed by atoms with van der Waals surface area (Å²) in [5, 5.41) is 6.46. The summed E-state index contributed by atoms with van der Waals surface area (Å²) in [4.78, 5) is 12.0. The number of benzene rings is 1. The molecule has 1 fully saturated rings. The SMILES string of the molecule is Cc1ccccc1CC(C)NC(=O)CCC1CCNC1.Cl. The van der Waals surface area contributed by atoms with Gasteiger partial charge >= 0.3 is 0 Å². The number of carbonyl (C=O) groups excluding carboxylic acids is 1. The number of carbonyl (C=O) groups is 1. The lowest BCUT2D eigenvalue weighted by atomic mass is 10.0. The van der Waals surface area contributed by atoms with Crippen molar-refractivity contribution in [3.63, 3.8) is 0 Å². The number of rotatable bonds is 6. The number of nitrogens with one attached hydrogen (secondary N) is 2. The van der Waals surface area contributed by atoms with Crippen LogP contribution in [0.5, 0.6) is 0 Å². The Bertz CT molecular complexity index is 444. The highest BCUT2D eigenvalue weighted by Gasteiger charge is 2.16. The van der Waals surface area contributed by atoms with Crippen molar-refractivity contribution in [1.82, 2.24) is 10.6 Å². The monoisotopic (exact) mass is 310 g/mol. The summed E-state index contributed by atoms with van der Waals surface area (Å²) in [5.41, 5.74) is 2.62. The summed E-state index contributed by atoms with van der Waals surface area (Å²) >= 11 is 0. The largest absolute Gasteiger partial charge is 0.353 e. The van der Waals surface area contributed by atoms with Crippen LogP contribution in [0.2, 0.25) is 0 Å².